The Hall–Kier alpha value is -1.39. The average Bonchev–Trinajstić information content (AvgIpc) is 2.64. The summed E-state index contributed by atoms with van der Waals surface area (Å²) in [6.45, 7) is 2.80. The van der Waals surface area contributed by atoms with E-state index in [1.165, 1.54) is 24.5 Å². The van der Waals surface area contributed by atoms with Gasteiger partial charge < -0.3 is 5.32 Å². The molecule has 3 rings (SSSR count). The summed E-state index contributed by atoms with van der Waals surface area (Å²) in [6.07, 6.45) is 8.66. The van der Waals surface area contributed by atoms with E-state index in [2.05, 4.69) is 16.3 Å². The number of likely N-dealkylation sites (tertiary alicyclic amines) is 1. The number of piperidine rings is 1. The van der Waals surface area contributed by atoms with Crippen LogP contribution in [-0.4, -0.2) is 30.4 Å². The van der Waals surface area contributed by atoms with E-state index in [0.29, 0.717) is 23.7 Å². The molecule has 0 atom stereocenters. The molecule has 1 aromatic rings. The summed E-state index contributed by atoms with van der Waals surface area (Å²) >= 11 is 6.11. The number of allylic oxidation sites excluding steroid dienone is 1. The lowest BCUT2D eigenvalue weighted by Gasteiger charge is -2.31. The molecular weight excluding hydrogens is 339 g/mol. The van der Waals surface area contributed by atoms with Crippen LogP contribution in [0.2, 0.25) is 5.02 Å². The quantitative estimate of drug-likeness (QED) is 0.790. The molecule has 1 aromatic carbocycles. The van der Waals surface area contributed by atoms with Gasteiger partial charge in [-0.3, -0.25) is 9.69 Å². The predicted molar refractivity (Wildman–Crippen MR) is 99.0 cm³/mol. The van der Waals surface area contributed by atoms with Gasteiger partial charge in [0.05, 0.1) is 0 Å². The summed E-state index contributed by atoms with van der Waals surface area (Å²) in [5.41, 5.74) is 1.92. The van der Waals surface area contributed by atoms with Gasteiger partial charge in [0.15, 0.2) is 0 Å². The summed E-state index contributed by atoms with van der Waals surface area (Å²) in [4.78, 5) is 14.6. The first-order valence-corrected chi connectivity index (χ1v) is 9.62. The molecule has 0 unspecified atom stereocenters. The SMILES string of the molecule is O=C(NCC1=CCCCC1)C1CCN(Cc2c(F)cccc2Cl)CC1. The molecule has 1 amide bonds. The van der Waals surface area contributed by atoms with E-state index in [9.17, 15) is 9.18 Å². The van der Waals surface area contributed by atoms with Gasteiger partial charge in [-0.2, -0.15) is 0 Å². The number of rotatable bonds is 5. The third kappa shape index (κ3) is 5.05. The number of benzene rings is 1. The molecule has 5 heteroatoms. The normalized spacial score (nSPS) is 19.5. The topological polar surface area (TPSA) is 32.3 Å². The van der Waals surface area contributed by atoms with Crippen LogP contribution in [0.5, 0.6) is 0 Å². The van der Waals surface area contributed by atoms with Crippen molar-refractivity contribution in [1.29, 1.82) is 0 Å². The molecule has 0 spiro atoms. The second-order valence-electron chi connectivity index (χ2n) is 7.08. The third-order valence-electron chi connectivity index (χ3n) is 5.28. The van der Waals surface area contributed by atoms with E-state index in [4.69, 9.17) is 11.6 Å². The van der Waals surface area contributed by atoms with Gasteiger partial charge in [-0.15, -0.1) is 0 Å². The fourth-order valence-electron chi connectivity index (χ4n) is 3.67. The molecule has 1 fully saturated rings. The van der Waals surface area contributed by atoms with Crippen molar-refractivity contribution < 1.29 is 9.18 Å². The molecule has 2 aliphatic rings. The number of nitrogens with one attached hydrogen (secondary N) is 1. The van der Waals surface area contributed by atoms with E-state index in [1.807, 2.05) is 0 Å². The minimum atomic E-state index is -0.256. The largest absolute Gasteiger partial charge is 0.352 e. The second kappa shape index (κ2) is 8.81. The van der Waals surface area contributed by atoms with Gasteiger partial charge in [-0.05, 0) is 63.7 Å². The van der Waals surface area contributed by atoms with Gasteiger partial charge in [0.25, 0.3) is 0 Å². The van der Waals surface area contributed by atoms with Crippen molar-refractivity contribution >= 4 is 17.5 Å². The molecule has 1 saturated heterocycles. The highest BCUT2D eigenvalue weighted by molar-refractivity contribution is 6.31. The smallest absolute Gasteiger partial charge is 0.223 e. The van der Waals surface area contributed by atoms with Gasteiger partial charge in [-0.1, -0.05) is 29.3 Å². The number of carbonyl (C=O) groups is 1. The van der Waals surface area contributed by atoms with Crippen LogP contribution < -0.4 is 5.32 Å². The molecule has 136 valence electrons. The lowest BCUT2D eigenvalue weighted by molar-refractivity contribution is -0.126. The zero-order valence-corrected chi connectivity index (χ0v) is 15.3. The summed E-state index contributed by atoms with van der Waals surface area (Å²) in [7, 11) is 0. The van der Waals surface area contributed by atoms with Crippen LogP contribution in [0.1, 0.15) is 44.1 Å². The summed E-state index contributed by atoms with van der Waals surface area (Å²) < 4.78 is 13.9. The van der Waals surface area contributed by atoms with Crippen molar-refractivity contribution in [2.24, 2.45) is 5.92 Å². The van der Waals surface area contributed by atoms with E-state index in [0.717, 1.165) is 38.8 Å². The Morgan fingerprint density at radius 3 is 2.76 bits per heavy atom. The van der Waals surface area contributed by atoms with Crippen LogP contribution in [0.3, 0.4) is 0 Å². The fraction of sp³-hybridized carbons (Fsp3) is 0.550. The Balaban J connectivity index is 1.45. The van der Waals surface area contributed by atoms with E-state index in [1.54, 1.807) is 12.1 Å². The van der Waals surface area contributed by atoms with Gasteiger partial charge in [0, 0.05) is 29.6 Å². The molecule has 0 bridgehead atoms. The van der Waals surface area contributed by atoms with Crippen LogP contribution in [0, 0.1) is 11.7 Å². The van der Waals surface area contributed by atoms with Crippen molar-refractivity contribution in [3.8, 4) is 0 Å². The molecule has 0 aromatic heterocycles. The first kappa shape index (κ1) is 18.4. The highest BCUT2D eigenvalue weighted by Gasteiger charge is 2.25. The highest BCUT2D eigenvalue weighted by atomic mass is 35.5. The molecule has 1 heterocycles. The number of amides is 1. The van der Waals surface area contributed by atoms with Crippen molar-refractivity contribution in [3.63, 3.8) is 0 Å². The van der Waals surface area contributed by atoms with Crippen LogP contribution in [-0.2, 0) is 11.3 Å². The Morgan fingerprint density at radius 2 is 2.08 bits per heavy atom. The molecule has 1 aliphatic heterocycles. The zero-order valence-electron chi connectivity index (χ0n) is 14.6. The predicted octanol–water partition coefficient (Wildman–Crippen LogP) is 4.31. The minimum absolute atomic E-state index is 0.0662. The van der Waals surface area contributed by atoms with Gasteiger partial charge >= 0.3 is 0 Å². The standard InChI is InChI=1S/C20H26ClFN2O/c21-18-7-4-8-19(22)17(18)14-24-11-9-16(10-12-24)20(25)23-13-15-5-2-1-3-6-15/h4-5,7-8,16H,1-3,6,9-14H2,(H,23,25). The number of carbonyl (C=O) groups excluding carboxylic acids is 1. The molecule has 25 heavy (non-hydrogen) atoms. The van der Waals surface area contributed by atoms with Crippen molar-refractivity contribution in [1.82, 2.24) is 10.2 Å². The fourth-order valence-corrected chi connectivity index (χ4v) is 3.89. The lowest BCUT2D eigenvalue weighted by atomic mass is 9.95. The molecule has 0 radical (unpaired) electrons. The number of halogens is 2. The minimum Gasteiger partial charge on any atom is -0.352 e. The number of hydrogen-bond donors (Lipinski definition) is 1. The Kier molecular flexibility index (Phi) is 6.49. The first-order chi connectivity index (χ1) is 12.1. The molecular formula is C20H26ClFN2O. The van der Waals surface area contributed by atoms with E-state index in [-0.39, 0.29) is 17.6 Å². The van der Waals surface area contributed by atoms with Gasteiger partial charge in [-0.25, -0.2) is 4.39 Å². The lowest BCUT2D eigenvalue weighted by Crippen LogP contribution is -2.40. The number of hydrogen-bond acceptors (Lipinski definition) is 2. The van der Waals surface area contributed by atoms with Gasteiger partial charge in [0.1, 0.15) is 5.82 Å². The Labute approximate surface area is 154 Å². The maximum atomic E-state index is 13.9. The summed E-state index contributed by atoms with van der Waals surface area (Å²) in [5, 5.41) is 3.57. The van der Waals surface area contributed by atoms with Crippen molar-refractivity contribution in [2.75, 3.05) is 19.6 Å². The molecule has 3 nitrogen and oxygen atoms in total. The first-order valence-electron chi connectivity index (χ1n) is 9.24. The number of nitrogens with zero attached hydrogens (tertiary/aromatic N) is 1. The Morgan fingerprint density at radius 1 is 1.28 bits per heavy atom. The molecule has 1 N–H and O–H groups in total. The van der Waals surface area contributed by atoms with Gasteiger partial charge in [0.2, 0.25) is 5.91 Å². The maximum absolute atomic E-state index is 13.9. The van der Waals surface area contributed by atoms with E-state index < -0.39 is 0 Å². The Bertz CT molecular complexity index is 618. The third-order valence-corrected chi connectivity index (χ3v) is 5.63. The van der Waals surface area contributed by atoms with Crippen molar-refractivity contribution in [2.45, 2.75) is 45.1 Å². The second-order valence-corrected chi connectivity index (χ2v) is 7.48. The van der Waals surface area contributed by atoms with Crippen LogP contribution in [0.25, 0.3) is 0 Å². The monoisotopic (exact) mass is 364 g/mol. The zero-order chi connectivity index (χ0) is 17.6. The van der Waals surface area contributed by atoms with E-state index >= 15 is 0 Å². The summed E-state index contributed by atoms with van der Waals surface area (Å²) in [6, 6.07) is 4.79. The maximum Gasteiger partial charge on any atom is 0.223 e. The summed E-state index contributed by atoms with van der Waals surface area (Å²) in [5.74, 6) is -0.0281. The van der Waals surface area contributed by atoms with Crippen LogP contribution in [0.4, 0.5) is 4.39 Å². The molecule has 1 aliphatic carbocycles. The van der Waals surface area contributed by atoms with Crippen molar-refractivity contribution in [3.05, 3.63) is 46.3 Å². The van der Waals surface area contributed by atoms with Crippen LogP contribution >= 0.6 is 11.6 Å². The average molecular weight is 365 g/mol. The van der Waals surface area contributed by atoms with Crippen LogP contribution in [0.15, 0.2) is 29.8 Å². The molecule has 0 saturated carbocycles. The highest BCUT2D eigenvalue weighted by Crippen LogP contribution is 2.24.